The predicted octanol–water partition coefficient (Wildman–Crippen LogP) is 4.67. The van der Waals surface area contributed by atoms with E-state index < -0.39 is 82.9 Å². The number of hydrogen-bond acceptors (Lipinski definition) is 11. The highest BCUT2D eigenvalue weighted by atomic mass is 19.1. The number of carboxylic acid groups (broad SMARTS) is 1. The van der Waals surface area contributed by atoms with Gasteiger partial charge in [0.15, 0.2) is 0 Å². The largest absolute Gasteiger partial charge is 0.548 e. The molecule has 1 aliphatic heterocycles. The van der Waals surface area contributed by atoms with E-state index in [2.05, 4.69) is 27.5 Å². The van der Waals surface area contributed by atoms with Crippen LogP contribution in [0.1, 0.15) is 113 Å². The minimum Gasteiger partial charge on any atom is -0.548 e. The molecule has 2 aliphatic rings. The molecule has 7 atom stereocenters. The smallest absolute Gasteiger partial charge is 0.339 e. The molecule has 0 saturated carbocycles. The summed E-state index contributed by atoms with van der Waals surface area (Å²) in [5.74, 6) is -6.89. The van der Waals surface area contributed by atoms with E-state index in [9.17, 15) is 48.5 Å². The Kier molecular flexibility index (Phi) is 21.9. The lowest BCUT2D eigenvalue weighted by Gasteiger charge is -2.39. The van der Waals surface area contributed by atoms with Gasteiger partial charge in [0, 0.05) is 25.5 Å². The van der Waals surface area contributed by atoms with Crippen molar-refractivity contribution in [3.05, 3.63) is 71.2 Å². The van der Waals surface area contributed by atoms with Crippen molar-refractivity contribution >= 4 is 35.4 Å². The average molecular weight is 854 g/mol. The van der Waals surface area contributed by atoms with Crippen LogP contribution in [-0.4, -0.2) is 88.0 Å². The number of amides is 3. The summed E-state index contributed by atoms with van der Waals surface area (Å²) in [7, 11) is 0. The molecule has 0 aromatic heterocycles. The number of aliphatic hydroxyl groups excluding tert-OH is 2. The van der Waals surface area contributed by atoms with Gasteiger partial charge in [0.05, 0.1) is 42.5 Å². The summed E-state index contributed by atoms with van der Waals surface area (Å²) in [5, 5.41) is 39.8. The first-order chi connectivity index (χ1) is 28.6. The third kappa shape index (κ3) is 19.0. The molecular formula is C46H66FN4O10-. The molecule has 3 amide bonds. The molecule has 0 aromatic carbocycles. The summed E-state index contributed by atoms with van der Waals surface area (Å²) >= 11 is 0. The number of ether oxygens (including phenoxy) is 1. The molecule has 0 bridgehead atoms. The van der Waals surface area contributed by atoms with Gasteiger partial charge in [-0.05, 0) is 93.6 Å². The van der Waals surface area contributed by atoms with Crippen molar-refractivity contribution in [1.82, 2.24) is 21.1 Å². The maximum Gasteiger partial charge on any atom is 0.339 e. The fraction of sp³-hybridized carbons (Fsp3) is 0.609. The fourth-order valence-corrected chi connectivity index (χ4v) is 6.98. The van der Waals surface area contributed by atoms with Gasteiger partial charge in [0.2, 0.25) is 11.8 Å². The lowest BCUT2D eigenvalue weighted by molar-refractivity contribution is -0.310. The van der Waals surface area contributed by atoms with Gasteiger partial charge < -0.3 is 40.3 Å². The van der Waals surface area contributed by atoms with Crippen molar-refractivity contribution in [3.63, 3.8) is 0 Å². The first-order valence-electron chi connectivity index (χ1n) is 21.1. The highest BCUT2D eigenvalue weighted by molar-refractivity contribution is 5.93. The Morgan fingerprint density at radius 3 is 2.38 bits per heavy atom. The predicted molar refractivity (Wildman–Crippen MR) is 226 cm³/mol. The Bertz CT molecular complexity index is 1790. The maximum absolute atomic E-state index is 14.5. The monoisotopic (exact) mass is 853 g/mol. The maximum atomic E-state index is 14.5. The number of hydrazine groups is 1. The summed E-state index contributed by atoms with van der Waals surface area (Å²) in [6.45, 7) is 14.4. The standard InChI is InChI=1S/C46H67FN4O10/c1-29(2)28-61-39(54)20-14-17-31(5)16-12-10-9-11-13-18-32(6)41(55)36(22-21-33(7)52)42(56)49-40(30(3)4)43(57)48-38(27-46(8)25-34(47)24-35(53)26-46)44(58)51-23-15-19-37(50-51)45(59)60/h9-11,13,20,24-25,29-30,32,36-38,40-41,50,53,55H,12,15-16,18-19,21-23,26-28H2,1-8H3,(H,48,57)(H,49,56)(H,59,60)/p-1/b10-9+,13-11+,31-20?/t32-,36+,37?,38-,40-,41+,46?/m0/s1. The Morgan fingerprint density at radius 1 is 1.07 bits per heavy atom. The number of nitrogens with one attached hydrogen (secondary N) is 3. The van der Waals surface area contributed by atoms with E-state index in [1.54, 1.807) is 27.7 Å². The second kappa shape index (κ2) is 25.6. The number of allylic oxidation sites excluding steroid dienone is 9. The summed E-state index contributed by atoms with van der Waals surface area (Å²) < 4.78 is 19.6. The average Bonchev–Trinajstić information content (AvgIpc) is 3.17. The Balaban J connectivity index is 2.18. The van der Waals surface area contributed by atoms with Crippen LogP contribution in [0.5, 0.6) is 0 Å². The van der Waals surface area contributed by atoms with E-state index in [-0.39, 0.29) is 56.1 Å². The zero-order chi connectivity index (χ0) is 45.9. The number of nitrogens with zero attached hydrogens (tertiary/aromatic N) is 1. The summed E-state index contributed by atoms with van der Waals surface area (Å²) in [6.07, 6.45) is 11.9. The second-order valence-electron chi connectivity index (χ2n) is 17.3. The number of carboxylic acids is 1. The van der Waals surface area contributed by atoms with Gasteiger partial charge in [-0.2, -0.15) is 0 Å². The number of hydrogen-bond donors (Lipinski definition) is 5. The molecule has 5 N–H and O–H groups in total. The lowest BCUT2D eigenvalue weighted by Crippen LogP contribution is -2.63. The molecule has 61 heavy (non-hydrogen) atoms. The molecule has 338 valence electrons. The minimum absolute atomic E-state index is 0.0102. The van der Waals surface area contributed by atoms with Crippen molar-refractivity contribution in [2.75, 3.05) is 13.2 Å². The van der Waals surface area contributed by atoms with Crippen LogP contribution in [0.4, 0.5) is 4.39 Å². The zero-order valence-corrected chi connectivity index (χ0v) is 36.9. The zero-order valence-electron chi connectivity index (χ0n) is 36.9. The molecule has 2 rings (SSSR count). The van der Waals surface area contributed by atoms with E-state index in [4.69, 9.17) is 4.74 Å². The summed E-state index contributed by atoms with van der Waals surface area (Å²) in [4.78, 5) is 77.2. The van der Waals surface area contributed by atoms with Crippen molar-refractivity contribution < 1.29 is 53.2 Å². The van der Waals surface area contributed by atoms with E-state index in [0.29, 0.717) is 32.3 Å². The van der Waals surface area contributed by atoms with Gasteiger partial charge in [-0.25, -0.2) is 14.6 Å². The number of ketones is 1. The Hall–Kier alpha value is -5.07. The van der Waals surface area contributed by atoms with Gasteiger partial charge in [0.1, 0.15) is 23.7 Å². The number of esters is 1. The van der Waals surface area contributed by atoms with Gasteiger partial charge in [0.25, 0.3) is 5.91 Å². The Labute approximate surface area is 359 Å². The third-order valence-corrected chi connectivity index (χ3v) is 10.4. The number of rotatable bonds is 23. The normalized spacial score (nSPS) is 20.4. The Morgan fingerprint density at radius 2 is 1.75 bits per heavy atom. The van der Waals surface area contributed by atoms with Crippen LogP contribution < -0.4 is 21.2 Å². The molecule has 1 heterocycles. The van der Waals surface area contributed by atoms with E-state index >= 15 is 0 Å². The van der Waals surface area contributed by atoms with Crippen LogP contribution in [0, 0.1) is 29.1 Å². The first kappa shape index (κ1) is 52.1. The second-order valence-corrected chi connectivity index (χ2v) is 17.3. The molecule has 1 saturated heterocycles. The highest BCUT2D eigenvalue weighted by Gasteiger charge is 2.40. The van der Waals surface area contributed by atoms with Crippen LogP contribution >= 0.6 is 0 Å². The third-order valence-electron chi connectivity index (χ3n) is 10.4. The molecule has 2 unspecified atom stereocenters. The summed E-state index contributed by atoms with van der Waals surface area (Å²) in [6, 6.07) is -3.70. The van der Waals surface area contributed by atoms with Crippen molar-refractivity contribution in [3.8, 4) is 0 Å². The van der Waals surface area contributed by atoms with Crippen molar-refractivity contribution in [2.24, 2.45) is 29.1 Å². The van der Waals surface area contributed by atoms with Crippen LogP contribution in [0.2, 0.25) is 0 Å². The van der Waals surface area contributed by atoms with Gasteiger partial charge >= 0.3 is 5.97 Å². The van der Waals surface area contributed by atoms with Gasteiger partial charge in [-0.15, -0.1) is 0 Å². The van der Waals surface area contributed by atoms with Gasteiger partial charge in [-0.3, -0.25) is 19.4 Å². The topological polar surface area (TPSA) is 214 Å². The number of Topliss-reactive ketones (excluding diaryl/α,β-unsaturated/α-hetero) is 1. The molecule has 0 radical (unpaired) electrons. The number of halogens is 1. The lowest BCUT2D eigenvalue weighted by atomic mass is 9.77. The molecule has 14 nitrogen and oxygen atoms in total. The van der Waals surface area contributed by atoms with Gasteiger partial charge in [-0.1, -0.05) is 77.3 Å². The van der Waals surface area contributed by atoms with Crippen LogP contribution in [-0.2, 0) is 33.5 Å². The summed E-state index contributed by atoms with van der Waals surface area (Å²) in [5.41, 5.74) is 8.07. The van der Waals surface area contributed by atoms with Crippen LogP contribution in [0.15, 0.2) is 71.2 Å². The number of carbonyl (C=O) groups excluding carboxylic acids is 6. The van der Waals surface area contributed by atoms with E-state index in [1.807, 2.05) is 45.1 Å². The minimum atomic E-state index is -1.40. The molecule has 0 aromatic rings. The fourth-order valence-electron chi connectivity index (χ4n) is 6.98. The van der Waals surface area contributed by atoms with Crippen LogP contribution in [0.3, 0.4) is 0 Å². The van der Waals surface area contributed by atoms with Crippen molar-refractivity contribution in [2.45, 2.75) is 137 Å². The SMILES string of the molecule is CC(=O)CC[C@@H](C(=O)N[C@H](C(=O)N[C@@H](CC1(C)C=C(F)C=C(O)C1)C(=O)N1CCCC(C(=O)[O-])N1)C(C)C)[C@H](O)[C@@H](C)C/C=C/C=C/CCC(C)=C=C=CC(=O)OCC(C)C. The molecule has 15 heteroatoms. The molecular weight excluding hydrogens is 788 g/mol. The number of aliphatic hydroxyl groups is 2. The van der Waals surface area contributed by atoms with E-state index in [0.717, 1.165) is 16.7 Å². The number of carbonyl (C=O) groups is 6. The number of aliphatic carboxylic acids is 1. The van der Waals surface area contributed by atoms with E-state index in [1.165, 1.54) is 19.1 Å². The van der Waals surface area contributed by atoms with Crippen LogP contribution in [0.25, 0.3) is 0 Å². The van der Waals surface area contributed by atoms with Crippen molar-refractivity contribution in [1.29, 1.82) is 0 Å². The molecule has 1 aliphatic carbocycles. The molecule has 1 fully saturated rings. The molecule has 0 spiro atoms. The first-order valence-corrected chi connectivity index (χ1v) is 21.1. The highest BCUT2D eigenvalue weighted by Crippen LogP contribution is 2.38. The quantitative estimate of drug-likeness (QED) is 0.0412.